The van der Waals surface area contributed by atoms with E-state index in [1.807, 2.05) is 0 Å². The molecule has 2 atom stereocenters. The highest BCUT2D eigenvalue weighted by Crippen LogP contribution is 2.46. The SMILES string of the molecule is C[C@@]12C[C@@H](NC(=O)N1c1ccccc1F)c1cc([N+](=O)[O-])ccc1O2. The molecule has 7 nitrogen and oxygen atoms in total. The van der Waals surface area contributed by atoms with Crippen LogP contribution in [0.15, 0.2) is 42.5 Å². The van der Waals surface area contributed by atoms with Crippen molar-refractivity contribution in [3.63, 3.8) is 0 Å². The lowest BCUT2D eigenvalue weighted by Crippen LogP contribution is -2.65. The first-order valence-corrected chi connectivity index (χ1v) is 7.72. The largest absolute Gasteiger partial charge is 0.467 e. The lowest BCUT2D eigenvalue weighted by Gasteiger charge is -2.50. The number of urea groups is 1. The third kappa shape index (κ3) is 2.29. The van der Waals surface area contributed by atoms with E-state index in [0.29, 0.717) is 17.7 Å². The zero-order chi connectivity index (χ0) is 17.8. The van der Waals surface area contributed by atoms with E-state index in [9.17, 15) is 19.3 Å². The van der Waals surface area contributed by atoms with Crippen molar-refractivity contribution in [1.29, 1.82) is 0 Å². The molecule has 0 radical (unpaired) electrons. The lowest BCUT2D eigenvalue weighted by atomic mass is 9.90. The highest BCUT2D eigenvalue weighted by molar-refractivity contribution is 5.95. The molecule has 0 unspecified atom stereocenters. The number of hydrogen-bond acceptors (Lipinski definition) is 4. The Kier molecular flexibility index (Phi) is 3.18. The average Bonchev–Trinajstić information content (AvgIpc) is 2.55. The van der Waals surface area contributed by atoms with Crippen LogP contribution < -0.4 is 15.0 Å². The van der Waals surface area contributed by atoms with Gasteiger partial charge in [0, 0.05) is 24.1 Å². The van der Waals surface area contributed by atoms with Gasteiger partial charge in [0.2, 0.25) is 0 Å². The molecule has 2 bridgehead atoms. The molecule has 0 spiro atoms. The zero-order valence-electron chi connectivity index (χ0n) is 13.2. The minimum absolute atomic E-state index is 0.0725. The van der Waals surface area contributed by atoms with Gasteiger partial charge < -0.3 is 10.1 Å². The molecule has 2 aromatic carbocycles. The summed E-state index contributed by atoms with van der Waals surface area (Å²) in [7, 11) is 0. The molecule has 1 fully saturated rings. The van der Waals surface area contributed by atoms with Crippen molar-refractivity contribution in [3.05, 3.63) is 64.0 Å². The number of anilines is 1. The Bertz CT molecular complexity index is 903. The van der Waals surface area contributed by atoms with Crippen LogP contribution in [0.2, 0.25) is 0 Å². The number of nitro benzene ring substituents is 1. The number of fused-ring (bicyclic) bond motifs is 4. The van der Waals surface area contributed by atoms with Crippen LogP contribution in [0.25, 0.3) is 0 Å². The van der Waals surface area contributed by atoms with Crippen molar-refractivity contribution in [2.45, 2.75) is 25.1 Å². The van der Waals surface area contributed by atoms with E-state index in [1.54, 1.807) is 19.1 Å². The zero-order valence-corrected chi connectivity index (χ0v) is 13.2. The first-order chi connectivity index (χ1) is 11.9. The first kappa shape index (κ1) is 15.4. The van der Waals surface area contributed by atoms with Gasteiger partial charge in [0.05, 0.1) is 16.7 Å². The number of amides is 2. The van der Waals surface area contributed by atoms with E-state index >= 15 is 0 Å². The van der Waals surface area contributed by atoms with Crippen LogP contribution in [-0.4, -0.2) is 16.7 Å². The van der Waals surface area contributed by atoms with E-state index < -0.39 is 28.5 Å². The number of nitrogens with zero attached hydrogens (tertiary/aromatic N) is 2. The summed E-state index contributed by atoms with van der Waals surface area (Å²) >= 11 is 0. The molecular formula is C17H14FN3O4. The van der Waals surface area contributed by atoms with Crippen molar-refractivity contribution in [3.8, 4) is 5.75 Å². The number of ether oxygens (including phenoxy) is 1. The maximum atomic E-state index is 14.2. The Labute approximate surface area is 142 Å². The summed E-state index contributed by atoms with van der Waals surface area (Å²) in [6.45, 7) is 1.70. The molecule has 0 aromatic heterocycles. The number of non-ortho nitro benzene ring substituents is 1. The Morgan fingerprint density at radius 3 is 2.84 bits per heavy atom. The molecule has 25 heavy (non-hydrogen) atoms. The van der Waals surface area contributed by atoms with Crippen LogP contribution in [0.5, 0.6) is 5.75 Å². The van der Waals surface area contributed by atoms with Crippen LogP contribution >= 0.6 is 0 Å². The van der Waals surface area contributed by atoms with Crippen LogP contribution in [-0.2, 0) is 0 Å². The number of carbonyl (C=O) groups is 1. The summed E-state index contributed by atoms with van der Waals surface area (Å²) in [5, 5.41) is 13.8. The summed E-state index contributed by atoms with van der Waals surface area (Å²) in [4.78, 5) is 24.4. The molecule has 4 rings (SSSR count). The fraction of sp³-hybridized carbons (Fsp3) is 0.235. The minimum Gasteiger partial charge on any atom is -0.467 e. The van der Waals surface area contributed by atoms with Gasteiger partial charge in [-0.15, -0.1) is 0 Å². The molecule has 0 saturated carbocycles. The highest BCUT2D eigenvalue weighted by atomic mass is 19.1. The Morgan fingerprint density at radius 2 is 2.12 bits per heavy atom. The second-order valence-electron chi connectivity index (χ2n) is 6.25. The van der Waals surface area contributed by atoms with Crippen LogP contribution in [0.4, 0.5) is 20.6 Å². The molecule has 128 valence electrons. The Morgan fingerprint density at radius 1 is 1.36 bits per heavy atom. The molecule has 2 aromatic rings. The van der Waals surface area contributed by atoms with E-state index in [4.69, 9.17) is 4.74 Å². The summed E-state index contributed by atoms with van der Waals surface area (Å²) in [6, 6.07) is 9.27. The fourth-order valence-corrected chi connectivity index (χ4v) is 3.47. The number of halogens is 1. The van der Waals surface area contributed by atoms with Gasteiger partial charge in [-0.1, -0.05) is 12.1 Å². The van der Waals surface area contributed by atoms with E-state index in [0.717, 1.165) is 0 Å². The van der Waals surface area contributed by atoms with E-state index in [2.05, 4.69) is 5.32 Å². The van der Waals surface area contributed by atoms with Gasteiger partial charge in [-0.2, -0.15) is 0 Å². The average molecular weight is 343 g/mol. The van der Waals surface area contributed by atoms with E-state index in [1.165, 1.54) is 35.2 Å². The van der Waals surface area contributed by atoms with Crippen LogP contribution in [0.1, 0.15) is 24.9 Å². The molecule has 1 saturated heterocycles. The number of nitro groups is 1. The summed E-state index contributed by atoms with van der Waals surface area (Å²) in [6.07, 6.45) is 0.335. The Hall–Kier alpha value is -3.16. The second-order valence-corrected chi connectivity index (χ2v) is 6.25. The molecule has 2 amide bonds. The maximum absolute atomic E-state index is 14.2. The fourth-order valence-electron chi connectivity index (χ4n) is 3.47. The molecule has 0 aliphatic carbocycles. The van der Waals surface area contributed by atoms with Gasteiger partial charge in [-0.25, -0.2) is 9.18 Å². The monoisotopic (exact) mass is 343 g/mol. The smallest absolute Gasteiger partial charge is 0.325 e. The van der Waals surface area contributed by atoms with Crippen LogP contribution in [0, 0.1) is 15.9 Å². The predicted molar refractivity (Wildman–Crippen MR) is 86.9 cm³/mol. The number of rotatable bonds is 2. The summed E-state index contributed by atoms with van der Waals surface area (Å²) in [5.74, 6) is -0.0962. The normalized spacial score (nSPS) is 24.2. The molecule has 2 aliphatic heterocycles. The number of benzene rings is 2. The topological polar surface area (TPSA) is 84.7 Å². The quantitative estimate of drug-likeness (QED) is 0.668. The van der Waals surface area contributed by atoms with Crippen molar-refractivity contribution >= 4 is 17.4 Å². The molecule has 2 aliphatic rings. The number of carbonyl (C=O) groups excluding carboxylic acids is 1. The van der Waals surface area contributed by atoms with Crippen molar-refractivity contribution in [1.82, 2.24) is 5.32 Å². The number of hydrogen-bond donors (Lipinski definition) is 1. The second kappa shape index (κ2) is 5.17. The minimum atomic E-state index is -1.10. The van der Waals surface area contributed by atoms with Crippen molar-refractivity contribution in [2.75, 3.05) is 4.90 Å². The molecule has 1 N–H and O–H groups in total. The van der Waals surface area contributed by atoms with Gasteiger partial charge in [-0.3, -0.25) is 15.0 Å². The van der Waals surface area contributed by atoms with Gasteiger partial charge >= 0.3 is 6.03 Å². The summed E-state index contributed by atoms with van der Waals surface area (Å²) < 4.78 is 20.2. The van der Waals surface area contributed by atoms with Gasteiger partial charge in [0.15, 0.2) is 5.72 Å². The van der Waals surface area contributed by atoms with E-state index in [-0.39, 0.29) is 11.4 Å². The first-order valence-electron chi connectivity index (χ1n) is 7.72. The number of nitrogens with one attached hydrogen (secondary N) is 1. The van der Waals surface area contributed by atoms with Crippen LogP contribution in [0.3, 0.4) is 0 Å². The van der Waals surface area contributed by atoms with Gasteiger partial charge in [-0.05, 0) is 25.1 Å². The maximum Gasteiger partial charge on any atom is 0.325 e. The predicted octanol–water partition coefficient (Wildman–Crippen LogP) is 3.50. The summed E-state index contributed by atoms with van der Waals surface area (Å²) in [5.41, 5.74) is -0.505. The molecular weight excluding hydrogens is 329 g/mol. The standard InChI is InChI=1S/C17H14FN3O4/c1-17-9-13(11-8-10(21(23)24)6-7-15(11)25-17)19-16(22)20(17)14-5-3-2-4-12(14)18/h2-8,13H,9H2,1H3,(H,19,22)/t13-,17-/m1/s1. The van der Waals surface area contributed by atoms with Gasteiger partial charge in [0.25, 0.3) is 5.69 Å². The van der Waals surface area contributed by atoms with Crippen molar-refractivity contribution < 1.29 is 18.8 Å². The molecule has 8 heteroatoms. The van der Waals surface area contributed by atoms with Gasteiger partial charge in [0.1, 0.15) is 11.6 Å². The third-order valence-corrected chi connectivity index (χ3v) is 4.56. The van der Waals surface area contributed by atoms with Crippen molar-refractivity contribution in [2.24, 2.45) is 0 Å². The highest BCUT2D eigenvalue weighted by Gasteiger charge is 2.50. The third-order valence-electron chi connectivity index (χ3n) is 4.56. The lowest BCUT2D eigenvalue weighted by molar-refractivity contribution is -0.385. The number of para-hydroxylation sites is 1. The molecule has 2 heterocycles. The Balaban J connectivity index is 1.80.